The molecular formula is C25H20N2O7. The maximum Gasteiger partial charge on any atom is 0.300 e. The molecule has 1 aliphatic rings. The number of ether oxygens (including phenoxy) is 2. The minimum atomic E-state index is -1.13. The van der Waals surface area contributed by atoms with Gasteiger partial charge >= 0.3 is 0 Å². The van der Waals surface area contributed by atoms with Crippen LogP contribution in [0.1, 0.15) is 17.2 Å². The van der Waals surface area contributed by atoms with Gasteiger partial charge in [-0.2, -0.15) is 0 Å². The van der Waals surface area contributed by atoms with E-state index in [0.29, 0.717) is 22.6 Å². The molecule has 3 aromatic rings. The molecule has 1 aliphatic heterocycles. The van der Waals surface area contributed by atoms with Crippen LogP contribution in [0.25, 0.3) is 5.76 Å². The topological polar surface area (TPSA) is 119 Å². The Kier molecular flexibility index (Phi) is 6.01. The van der Waals surface area contributed by atoms with Crippen molar-refractivity contribution in [1.82, 2.24) is 0 Å². The number of rotatable bonds is 6. The molecule has 0 radical (unpaired) electrons. The first-order chi connectivity index (χ1) is 16.4. The number of nitrogens with zero attached hydrogens (tertiary/aromatic N) is 2. The summed E-state index contributed by atoms with van der Waals surface area (Å²) in [6, 6.07) is 17.5. The van der Waals surface area contributed by atoms with Crippen molar-refractivity contribution in [3.8, 4) is 11.5 Å². The summed E-state index contributed by atoms with van der Waals surface area (Å²) < 4.78 is 10.8. The minimum absolute atomic E-state index is 0.123. The van der Waals surface area contributed by atoms with E-state index < -0.39 is 22.7 Å². The molecule has 1 unspecified atom stereocenters. The van der Waals surface area contributed by atoms with E-state index >= 15 is 0 Å². The van der Waals surface area contributed by atoms with Crippen LogP contribution in [0.2, 0.25) is 0 Å². The third-order valence-corrected chi connectivity index (χ3v) is 5.54. The van der Waals surface area contributed by atoms with E-state index in [1.165, 1.54) is 38.5 Å². The van der Waals surface area contributed by atoms with Crippen LogP contribution in [-0.4, -0.2) is 35.9 Å². The number of aliphatic hydroxyl groups excluding tert-OH is 1. The number of aliphatic hydroxyl groups is 1. The zero-order valence-corrected chi connectivity index (χ0v) is 18.3. The second-order valence-corrected chi connectivity index (χ2v) is 7.42. The van der Waals surface area contributed by atoms with Crippen molar-refractivity contribution in [2.75, 3.05) is 19.1 Å². The molecule has 0 saturated carbocycles. The summed E-state index contributed by atoms with van der Waals surface area (Å²) in [5, 5.41) is 22.5. The first kappa shape index (κ1) is 22.5. The van der Waals surface area contributed by atoms with Gasteiger partial charge in [-0.05, 0) is 24.3 Å². The van der Waals surface area contributed by atoms with E-state index in [9.17, 15) is 24.8 Å². The van der Waals surface area contributed by atoms with Crippen molar-refractivity contribution in [1.29, 1.82) is 0 Å². The van der Waals surface area contributed by atoms with Gasteiger partial charge in [0.2, 0.25) is 0 Å². The number of ketones is 1. The Labute approximate surface area is 194 Å². The van der Waals surface area contributed by atoms with Gasteiger partial charge in [0.15, 0.2) is 0 Å². The van der Waals surface area contributed by atoms with E-state index in [1.807, 2.05) is 0 Å². The number of hydrogen-bond donors (Lipinski definition) is 1. The summed E-state index contributed by atoms with van der Waals surface area (Å²) in [4.78, 5) is 38.4. The largest absolute Gasteiger partial charge is 0.507 e. The Morgan fingerprint density at radius 1 is 0.971 bits per heavy atom. The van der Waals surface area contributed by atoms with E-state index in [0.717, 1.165) is 4.90 Å². The highest BCUT2D eigenvalue weighted by Crippen LogP contribution is 2.46. The molecular weight excluding hydrogens is 440 g/mol. The van der Waals surface area contributed by atoms with Gasteiger partial charge in [-0.25, -0.2) is 0 Å². The van der Waals surface area contributed by atoms with Crippen LogP contribution < -0.4 is 14.4 Å². The first-order valence-electron chi connectivity index (χ1n) is 10.2. The molecule has 1 atom stereocenters. The molecule has 1 heterocycles. The molecule has 1 amide bonds. The predicted octanol–water partition coefficient (Wildman–Crippen LogP) is 4.24. The number of hydrogen-bond acceptors (Lipinski definition) is 7. The standard InChI is InChI=1S/C25H20N2O7/c1-33-18-11-12-20(34-2)19(14-18)22-21(23(28)15-7-4-3-5-8-15)24(29)25(30)26(22)16-9-6-10-17(13-16)27(31)32/h3-14,22,28H,1-2H3. The maximum atomic E-state index is 13.3. The van der Waals surface area contributed by atoms with E-state index in [-0.39, 0.29) is 22.7 Å². The molecule has 172 valence electrons. The molecule has 0 bridgehead atoms. The van der Waals surface area contributed by atoms with Gasteiger partial charge in [0.25, 0.3) is 17.4 Å². The zero-order valence-electron chi connectivity index (χ0n) is 18.3. The van der Waals surface area contributed by atoms with E-state index in [1.54, 1.807) is 48.5 Å². The molecule has 0 aliphatic carbocycles. The zero-order chi connectivity index (χ0) is 24.4. The number of amides is 1. The van der Waals surface area contributed by atoms with Crippen molar-refractivity contribution < 1.29 is 29.1 Å². The molecule has 1 fully saturated rings. The van der Waals surface area contributed by atoms with E-state index in [4.69, 9.17) is 9.47 Å². The fourth-order valence-corrected chi connectivity index (χ4v) is 3.95. The molecule has 9 nitrogen and oxygen atoms in total. The van der Waals surface area contributed by atoms with Crippen LogP contribution in [0, 0.1) is 10.1 Å². The van der Waals surface area contributed by atoms with E-state index in [2.05, 4.69) is 0 Å². The fourth-order valence-electron chi connectivity index (χ4n) is 3.95. The summed E-state index contributed by atoms with van der Waals surface area (Å²) in [6.45, 7) is 0. The lowest BCUT2D eigenvalue weighted by Crippen LogP contribution is -2.29. The molecule has 0 aromatic heterocycles. The number of benzene rings is 3. The fraction of sp³-hybridized carbons (Fsp3) is 0.120. The van der Waals surface area contributed by atoms with Crippen LogP contribution in [0.3, 0.4) is 0 Å². The van der Waals surface area contributed by atoms with Gasteiger partial charge < -0.3 is 14.6 Å². The lowest BCUT2D eigenvalue weighted by atomic mass is 9.94. The van der Waals surface area contributed by atoms with Crippen molar-refractivity contribution in [2.24, 2.45) is 0 Å². The smallest absolute Gasteiger partial charge is 0.300 e. The molecule has 9 heteroatoms. The molecule has 34 heavy (non-hydrogen) atoms. The van der Waals surface area contributed by atoms with Crippen molar-refractivity contribution in [3.05, 3.63) is 99.6 Å². The summed E-state index contributed by atoms with van der Waals surface area (Å²) in [5.74, 6) is -1.47. The normalized spacial score (nSPS) is 17.0. The SMILES string of the molecule is COc1ccc(OC)c(C2C(=C(O)c3ccccc3)C(=O)C(=O)N2c2cccc([N+](=O)[O-])c2)c1. The maximum absolute atomic E-state index is 13.3. The third kappa shape index (κ3) is 3.83. The Balaban J connectivity index is 2.02. The second-order valence-electron chi connectivity index (χ2n) is 7.42. The van der Waals surface area contributed by atoms with Gasteiger partial charge in [0, 0.05) is 23.3 Å². The van der Waals surface area contributed by atoms with Gasteiger partial charge in [-0.1, -0.05) is 36.4 Å². The van der Waals surface area contributed by atoms with Gasteiger partial charge in [0.05, 0.1) is 36.4 Å². The van der Waals surface area contributed by atoms with Crippen LogP contribution in [0.4, 0.5) is 11.4 Å². The summed E-state index contributed by atoms with van der Waals surface area (Å²) >= 11 is 0. The summed E-state index contributed by atoms with van der Waals surface area (Å²) in [6.07, 6.45) is 0. The molecule has 0 spiro atoms. The lowest BCUT2D eigenvalue weighted by molar-refractivity contribution is -0.384. The third-order valence-electron chi connectivity index (χ3n) is 5.54. The molecule has 1 saturated heterocycles. The van der Waals surface area contributed by atoms with Gasteiger partial charge in [0.1, 0.15) is 17.3 Å². The number of non-ortho nitro benzene ring substituents is 1. The van der Waals surface area contributed by atoms with Gasteiger partial charge in [-0.3, -0.25) is 24.6 Å². The Morgan fingerprint density at radius 3 is 2.35 bits per heavy atom. The average Bonchev–Trinajstić information content (AvgIpc) is 3.13. The number of Topliss-reactive ketones (excluding diaryl/α,β-unsaturated/α-hetero) is 1. The van der Waals surface area contributed by atoms with Crippen molar-refractivity contribution in [3.63, 3.8) is 0 Å². The lowest BCUT2D eigenvalue weighted by Gasteiger charge is -2.27. The Bertz CT molecular complexity index is 1320. The molecule has 4 rings (SSSR count). The number of nitro groups is 1. The van der Waals surface area contributed by atoms with Crippen LogP contribution >= 0.6 is 0 Å². The van der Waals surface area contributed by atoms with Crippen molar-refractivity contribution >= 4 is 28.8 Å². The van der Waals surface area contributed by atoms with Crippen molar-refractivity contribution in [2.45, 2.75) is 6.04 Å². The van der Waals surface area contributed by atoms with Crippen LogP contribution in [0.15, 0.2) is 78.4 Å². The number of nitro benzene ring substituents is 1. The number of carbonyl (C=O) groups excluding carboxylic acids is 2. The molecule has 3 aromatic carbocycles. The summed E-state index contributed by atoms with van der Waals surface area (Å²) in [5.41, 5.74) is 0.405. The van der Waals surface area contributed by atoms with Crippen LogP contribution in [-0.2, 0) is 9.59 Å². The van der Waals surface area contributed by atoms with Gasteiger partial charge in [-0.15, -0.1) is 0 Å². The summed E-state index contributed by atoms with van der Waals surface area (Å²) in [7, 11) is 2.90. The molecule has 1 N–H and O–H groups in total. The first-order valence-corrected chi connectivity index (χ1v) is 10.2. The number of carbonyl (C=O) groups is 2. The monoisotopic (exact) mass is 460 g/mol. The average molecular weight is 460 g/mol. The highest BCUT2D eigenvalue weighted by atomic mass is 16.6. The van der Waals surface area contributed by atoms with Crippen LogP contribution in [0.5, 0.6) is 11.5 Å². The second kappa shape index (κ2) is 9.07. The number of methoxy groups -OCH3 is 2. The Morgan fingerprint density at radius 2 is 1.71 bits per heavy atom. The predicted molar refractivity (Wildman–Crippen MR) is 124 cm³/mol. The number of anilines is 1. The Hall–Kier alpha value is -4.66. The highest BCUT2D eigenvalue weighted by Gasteiger charge is 2.48. The quantitative estimate of drug-likeness (QED) is 0.192. The minimum Gasteiger partial charge on any atom is -0.507 e. The highest BCUT2D eigenvalue weighted by molar-refractivity contribution is 6.51.